The van der Waals surface area contributed by atoms with Gasteiger partial charge in [0.1, 0.15) is 29.4 Å². The van der Waals surface area contributed by atoms with E-state index < -0.39 is 0 Å². The Morgan fingerprint density at radius 1 is 1.12 bits per heavy atom. The Bertz CT molecular complexity index is 659. The van der Waals surface area contributed by atoms with E-state index in [4.69, 9.17) is 4.74 Å². The number of aromatic hydroxyl groups is 2. The number of ketones is 1. The number of rotatable bonds is 7. The first-order valence-corrected chi connectivity index (χ1v) is 8.16. The summed E-state index contributed by atoms with van der Waals surface area (Å²) in [4.78, 5) is 12.5. The summed E-state index contributed by atoms with van der Waals surface area (Å²) in [6.45, 7) is 11.6. The quantitative estimate of drug-likeness (QED) is 0.556. The topological polar surface area (TPSA) is 66.8 Å². The number of allylic oxidation sites excluding steroid dienone is 3. The lowest BCUT2D eigenvalue weighted by Crippen LogP contribution is -2.11. The number of phenols is 2. The van der Waals surface area contributed by atoms with Crippen molar-refractivity contribution < 1.29 is 19.7 Å². The fraction of sp³-hybridized carbons (Fsp3) is 0.450. The summed E-state index contributed by atoms with van der Waals surface area (Å²) in [5, 5.41) is 20.8. The molecule has 0 saturated carbocycles. The molecule has 24 heavy (non-hydrogen) atoms. The molecule has 1 aromatic rings. The molecule has 1 aromatic carbocycles. The van der Waals surface area contributed by atoms with E-state index in [1.165, 1.54) is 6.07 Å². The minimum Gasteiger partial charge on any atom is -0.507 e. The lowest BCUT2D eigenvalue weighted by molar-refractivity contribution is 0.0932. The van der Waals surface area contributed by atoms with Gasteiger partial charge in [-0.15, -0.1) is 0 Å². The number of ether oxygens (including phenoxy) is 1. The van der Waals surface area contributed by atoms with Gasteiger partial charge in [0.2, 0.25) is 0 Å². The molecular formula is C20H28O4. The second-order valence-corrected chi connectivity index (χ2v) is 6.69. The molecule has 0 atom stereocenters. The van der Waals surface area contributed by atoms with Gasteiger partial charge in [-0.05, 0) is 40.2 Å². The summed E-state index contributed by atoms with van der Waals surface area (Å²) in [5.41, 5.74) is 2.63. The fourth-order valence-corrected chi connectivity index (χ4v) is 2.12. The highest BCUT2D eigenvalue weighted by Gasteiger charge is 2.25. The maximum absolute atomic E-state index is 12.5. The molecule has 0 aliphatic rings. The summed E-state index contributed by atoms with van der Waals surface area (Å²) in [7, 11) is 0. The molecule has 132 valence electrons. The monoisotopic (exact) mass is 332 g/mol. The molecule has 0 bridgehead atoms. The number of carbonyl (C=O) groups excluding carboxylic acids is 1. The third-order valence-corrected chi connectivity index (χ3v) is 3.56. The zero-order valence-electron chi connectivity index (χ0n) is 15.4. The highest BCUT2D eigenvalue weighted by molar-refractivity contribution is 6.03. The number of phenolic OH excluding ortho intramolecular Hbond substituents is 2. The largest absolute Gasteiger partial charge is 0.507 e. The van der Waals surface area contributed by atoms with Crippen molar-refractivity contribution in [3.8, 4) is 17.2 Å². The van der Waals surface area contributed by atoms with Crippen LogP contribution in [-0.4, -0.2) is 22.6 Å². The van der Waals surface area contributed by atoms with Crippen LogP contribution < -0.4 is 4.74 Å². The van der Waals surface area contributed by atoms with Crippen molar-refractivity contribution in [1.82, 2.24) is 0 Å². The number of Topliss-reactive ketones (excluding diaryl/α,β-unsaturated/α-hetero) is 1. The molecule has 0 aromatic heterocycles. The van der Waals surface area contributed by atoms with E-state index in [9.17, 15) is 15.0 Å². The minimum atomic E-state index is -0.289. The van der Waals surface area contributed by atoms with Crippen molar-refractivity contribution in [1.29, 1.82) is 0 Å². The lowest BCUT2D eigenvalue weighted by Gasteiger charge is -2.17. The Morgan fingerprint density at radius 2 is 1.71 bits per heavy atom. The molecule has 2 N–H and O–H groups in total. The van der Waals surface area contributed by atoms with Crippen molar-refractivity contribution >= 4 is 5.78 Å². The van der Waals surface area contributed by atoms with Crippen LogP contribution >= 0.6 is 0 Å². The van der Waals surface area contributed by atoms with Crippen LogP contribution in [0.5, 0.6) is 17.2 Å². The Labute approximate surface area is 144 Å². The standard InChI is InChI=1S/C20H28O4/c1-12(2)7-8-15-16(21)11-17(24-10-9-13(3)4)18(20(15)23)19(22)14(5)6/h7,9,11,14,21,23H,8,10H2,1-6H3. The molecule has 0 spiro atoms. The predicted molar refractivity (Wildman–Crippen MR) is 97.0 cm³/mol. The normalized spacial score (nSPS) is 10.5. The van der Waals surface area contributed by atoms with Crippen LogP contribution in [0.15, 0.2) is 29.4 Å². The molecule has 0 radical (unpaired) electrons. The van der Waals surface area contributed by atoms with Crippen LogP contribution in [0.1, 0.15) is 57.5 Å². The smallest absolute Gasteiger partial charge is 0.172 e. The number of hydrogen-bond donors (Lipinski definition) is 2. The molecule has 0 saturated heterocycles. The summed E-state index contributed by atoms with van der Waals surface area (Å²) < 4.78 is 5.63. The molecule has 0 unspecified atom stereocenters. The Kier molecular flexibility index (Phi) is 7.08. The average Bonchev–Trinajstić information content (AvgIpc) is 2.45. The van der Waals surface area contributed by atoms with E-state index in [2.05, 4.69) is 0 Å². The van der Waals surface area contributed by atoms with Gasteiger partial charge in [-0.1, -0.05) is 31.1 Å². The third-order valence-electron chi connectivity index (χ3n) is 3.56. The maximum Gasteiger partial charge on any atom is 0.172 e. The summed E-state index contributed by atoms with van der Waals surface area (Å²) in [5.74, 6) is -0.557. The van der Waals surface area contributed by atoms with Crippen molar-refractivity contribution in [2.75, 3.05) is 6.61 Å². The van der Waals surface area contributed by atoms with Crippen molar-refractivity contribution in [3.63, 3.8) is 0 Å². The van der Waals surface area contributed by atoms with Crippen LogP contribution in [0, 0.1) is 5.92 Å². The van der Waals surface area contributed by atoms with E-state index in [-0.39, 0.29) is 41.1 Å². The first-order valence-electron chi connectivity index (χ1n) is 8.16. The summed E-state index contributed by atoms with van der Waals surface area (Å²) >= 11 is 0. The fourth-order valence-electron chi connectivity index (χ4n) is 2.12. The second-order valence-electron chi connectivity index (χ2n) is 6.69. The first-order chi connectivity index (χ1) is 11.1. The van der Waals surface area contributed by atoms with E-state index in [1.54, 1.807) is 13.8 Å². The van der Waals surface area contributed by atoms with E-state index in [1.807, 2.05) is 39.8 Å². The lowest BCUT2D eigenvalue weighted by atomic mass is 9.95. The molecule has 0 amide bonds. The Morgan fingerprint density at radius 3 is 2.21 bits per heavy atom. The molecule has 0 aliphatic carbocycles. The zero-order valence-corrected chi connectivity index (χ0v) is 15.4. The third kappa shape index (κ3) is 5.15. The molecule has 1 rings (SSSR count). The van der Waals surface area contributed by atoms with Crippen molar-refractivity contribution in [2.24, 2.45) is 5.92 Å². The van der Waals surface area contributed by atoms with Crippen LogP contribution in [0.4, 0.5) is 0 Å². The predicted octanol–water partition coefficient (Wildman–Crippen LogP) is 4.79. The van der Waals surface area contributed by atoms with Gasteiger partial charge in [-0.3, -0.25) is 4.79 Å². The van der Waals surface area contributed by atoms with Crippen LogP contribution in [0.25, 0.3) is 0 Å². The molecule has 4 heteroatoms. The zero-order chi connectivity index (χ0) is 18.4. The molecular weight excluding hydrogens is 304 g/mol. The number of benzene rings is 1. The highest BCUT2D eigenvalue weighted by atomic mass is 16.5. The number of carbonyl (C=O) groups is 1. The minimum absolute atomic E-state index is 0.0718. The van der Waals surface area contributed by atoms with Gasteiger partial charge in [0.05, 0.1) is 0 Å². The van der Waals surface area contributed by atoms with Gasteiger partial charge < -0.3 is 14.9 Å². The first kappa shape index (κ1) is 19.8. The van der Waals surface area contributed by atoms with E-state index in [0.717, 1.165) is 11.1 Å². The summed E-state index contributed by atoms with van der Waals surface area (Å²) in [6.07, 6.45) is 4.11. The van der Waals surface area contributed by atoms with Gasteiger partial charge in [-0.2, -0.15) is 0 Å². The van der Waals surface area contributed by atoms with Gasteiger partial charge in [0.25, 0.3) is 0 Å². The highest BCUT2D eigenvalue weighted by Crippen LogP contribution is 2.40. The average molecular weight is 332 g/mol. The van der Waals surface area contributed by atoms with Gasteiger partial charge in [0, 0.05) is 17.5 Å². The van der Waals surface area contributed by atoms with E-state index >= 15 is 0 Å². The van der Waals surface area contributed by atoms with Crippen LogP contribution in [0.2, 0.25) is 0 Å². The van der Waals surface area contributed by atoms with Crippen molar-refractivity contribution in [2.45, 2.75) is 48.0 Å². The van der Waals surface area contributed by atoms with Gasteiger partial charge >= 0.3 is 0 Å². The molecule has 0 heterocycles. The van der Waals surface area contributed by atoms with Gasteiger partial charge in [0.15, 0.2) is 5.78 Å². The maximum atomic E-state index is 12.5. The Hall–Kier alpha value is -2.23. The van der Waals surface area contributed by atoms with Crippen molar-refractivity contribution in [3.05, 3.63) is 40.5 Å². The van der Waals surface area contributed by atoms with Gasteiger partial charge in [-0.25, -0.2) is 0 Å². The SMILES string of the molecule is CC(C)=CCOc1cc(O)c(CC=C(C)C)c(O)c1C(=O)C(C)C. The molecule has 4 nitrogen and oxygen atoms in total. The second kappa shape index (κ2) is 8.57. The molecule has 0 aliphatic heterocycles. The Balaban J connectivity index is 3.39. The number of hydrogen-bond acceptors (Lipinski definition) is 4. The van der Waals surface area contributed by atoms with Crippen LogP contribution in [-0.2, 0) is 6.42 Å². The van der Waals surface area contributed by atoms with Crippen LogP contribution in [0.3, 0.4) is 0 Å². The molecule has 0 fully saturated rings. The summed E-state index contributed by atoms with van der Waals surface area (Å²) in [6, 6.07) is 1.42. The van der Waals surface area contributed by atoms with E-state index in [0.29, 0.717) is 12.0 Å².